The van der Waals surface area contributed by atoms with Gasteiger partial charge in [0.25, 0.3) is 0 Å². The lowest BCUT2D eigenvalue weighted by Gasteiger charge is -2.44. The number of hydrogen-bond acceptors (Lipinski definition) is 19. The number of likely N-dealkylation sites (N-methyl/N-ethyl adjacent to an activating group) is 1. The Morgan fingerprint density at radius 1 is 0.671 bits per heavy atom. The largest absolute Gasteiger partial charge is 0.520 e. The Balaban J connectivity index is 2.15. The Bertz CT molecular complexity index is 1740. The molecule has 11 N–H and O–H groups in total. The molecular weight excluding hydrogens is 1000 g/mol. The highest BCUT2D eigenvalue weighted by molar-refractivity contribution is 7.99. The Morgan fingerprint density at radius 2 is 1.21 bits per heavy atom. The molecule has 2 aromatic carbocycles. The summed E-state index contributed by atoms with van der Waals surface area (Å²) in [5.41, 5.74) is 14.9. The number of ether oxygens (including phenoxy) is 4. The monoisotopic (exact) mass is 1090 g/mol. The van der Waals surface area contributed by atoms with Crippen molar-refractivity contribution < 1.29 is 51.0 Å². The number of hydrogen-bond donors (Lipinski definition) is 9. The molecule has 0 aromatic heterocycles. The van der Waals surface area contributed by atoms with Gasteiger partial charge in [-0.2, -0.15) is 0 Å². The molecule has 17 nitrogen and oxygen atoms in total. The molecule has 0 radical (unpaired) electrons. The van der Waals surface area contributed by atoms with Gasteiger partial charge in [0.15, 0.2) is 16.6 Å². The maximum Gasteiger partial charge on any atom is 0.520 e. The average molecular weight is 1100 g/mol. The van der Waals surface area contributed by atoms with Crippen molar-refractivity contribution in [1.82, 2.24) is 16.0 Å². The molecule has 8 unspecified atom stereocenters. The van der Waals surface area contributed by atoms with E-state index in [-0.39, 0.29) is 37.4 Å². The van der Waals surface area contributed by atoms with E-state index in [1.54, 1.807) is 23.5 Å². The van der Waals surface area contributed by atoms with E-state index in [1.807, 2.05) is 90.7 Å². The molecule has 0 fully saturated rings. The Morgan fingerprint density at radius 3 is 1.79 bits per heavy atom. The van der Waals surface area contributed by atoms with Gasteiger partial charge >= 0.3 is 17.4 Å². The van der Waals surface area contributed by atoms with Crippen molar-refractivity contribution in [2.75, 3.05) is 96.6 Å². The second kappa shape index (κ2) is 33.1. The topological polar surface area (TPSA) is 235 Å². The van der Waals surface area contributed by atoms with Crippen molar-refractivity contribution in [2.24, 2.45) is 5.73 Å². The summed E-state index contributed by atoms with van der Waals surface area (Å²) in [4.78, 5) is 2.11. The molecule has 0 spiro atoms. The third-order valence-corrected chi connectivity index (χ3v) is 27.8. The zero-order valence-electron chi connectivity index (χ0n) is 45.0. The van der Waals surface area contributed by atoms with Crippen molar-refractivity contribution in [3.8, 4) is 0 Å². The highest BCUT2D eigenvalue weighted by Crippen LogP contribution is 2.38. The van der Waals surface area contributed by atoms with E-state index in [1.165, 1.54) is 0 Å². The SMILES string of the molecule is CNC(C)COCC(C)NCC(O)COCCC[Si](C)(C)O[Si](C)(C)O[Si](OC(O)NC(C)COCC(C)N)(O[Si](C)(C)CCCOCC(O)CNc1c(SC)cc(SC)c(N)c1C)c1ccccc1. The van der Waals surface area contributed by atoms with E-state index in [9.17, 15) is 15.3 Å². The van der Waals surface area contributed by atoms with Crippen LogP contribution in [-0.2, 0) is 35.7 Å². The smallest absolute Gasteiger partial charge is 0.436 e. The molecule has 406 valence electrons. The van der Waals surface area contributed by atoms with Gasteiger partial charge in [0.2, 0.25) is 6.41 Å². The maximum atomic E-state index is 11.6. The molecule has 8 atom stereocenters. The number of anilines is 2. The van der Waals surface area contributed by atoms with Crippen LogP contribution >= 0.6 is 23.5 Å². The van der Waals surface area contributed by atoms with Crippen LogP contribution in [-0.4, -0.2) is 178 Å². The minimum Gasteiger partial charge on any atom is -0.436 e. The fourth-order valence-electron chi connectivity index (χ4n) is 7.48. The molecule has 0 aliphatic rings. The number of nitrogens with one attached hydrogen (secondary N) is 4. The van der Waals surface area contributed by atoms with Crippen LogP contribution < -0.4 is 37.9 Å². The quantitative estimate of drug-likeness (QED) is 0.0137. The normalized spacial score (nSPS) is 16.6. The van der Waals surface area contributed by atoms with E-state index in [0.717, 1.165) is 39.2 Å². The molecule has 2 rings (SSSR count). The molecule has 0 aliphatic carbocycles. The van der Waals surface area contributed by atoms with Gasteiger partial charge in [0, 0.05) is 65.4 Å². The molecule has 2 aromatic rings. The molecule has 23 heteroatoms. The molecule has 0 aliphatic heterocycles. The first-order valence-corrected chi connectivity index (χ1v) is 37.9. The fourth-order valence-corrected chi connectivity index (χ4v) is 26.0. The summed E-state index contributed by atoms with van der Waals surface area (Å²) < 4.78 is 51.7. The van der Waals surface area contributed by atoms with Crippen molar-refractivity contribution in [1.29, 1.82) is 0 Å². The number of nitrogens with two attached hydrogens (primary N) is 2. The third-order valence-electron chi connectivity index (χ3n) is 11.1. The first-order chi connectivity index (χ1) is 32.9. The summed E-state index contributed by atoms with van der Waals surface area (Å²) in [6.45, 7) is 26.4. The minimum absolute atomic E-state index is 0.104. The van der Waals surface area contributed by atoms with Crippen molar-refractivity contribution >= 4 is 74.1 Å². The van der Waals surface area contributed by atoms with Crippen molar-refractivity contribution in [2.45, 2.75) is 151 Å². The first kappa shape index (κ1) is 65.1. The van der Waals surface area contributed by atoms with Crippen LogP contribution in [0.15, 0.2) is 46.2 Å². The van der Waals surface area contributed by atoms with Gasteiger partial charge in [0.1, 0.15) is 0 Å². The second-order valence-corrected chi connectivity index (χ2v) is 36.9. The van der Waals surface area contributed by atoms with Gasteiger partial charge in [-0.15, -0.1) is 23.5 Å². The summed E-state index contributed by atoms with van der Waals surface area (Å²) in [7, 11) is -10.2. The number of aliphatic hydroxyl groups is 3. The number of nitrogen functional groups attached to an aromatic ring is 1. The summed E-state index contributed by atoms with van der Waals surface area (Å²) >= 11 is 3.26. The van der Waals surface area contributed by atoms with E-state index >= 15 is 0 Å². The Kier molecular flexibility index (Phi) is 30.8. The van der Waals surface area contributed by atoms with E-state index in [0.29, 0.717) is 70.4 Å². The van der Waals surface area contributed by atoms with Gasteiger partial charge in [-0.3, -0.25) is 5.32 Å². The number of rotatable bonds is 40. The maximum absolute atomic E-state index is 11.6. The molecule has 0 amide bonds. The molecular formula is C47H94N6O11S2Si4. The highest BCUT2D eigenvalue weighted by atomic mass is 32.2. The summed E-state index contributed by atoms with van der Waals surface area (Å²) in [5.74, 6) is 0. The van der Waals surface area contributed by atoms with Crippen LogP contribution in [0.25, 0.3) is 0 Å². The third kappa shape index (κ3) is 26.0. The highest BCUT2D eigenvalue weighted by Gasteiger charge is 2.54. The second-order valence-electron chi connectivity index (χ2n) is 20.0. The lowest BCUT2D eigenvalue weighted by atomic mass is 10.1. The van der Waals surface area contributed by atoms with Crippen LogP contribution in [0, 0.1) is 6.92 Å². The first-order valence-electron chi connectivity index (χ1n) is 24.7. The van der Waals surface area contributed by atoms with E-state index in [4.69, 9.17) is 47.2 Å². The zero-order valence-corrected chi connectivity index (χ0v) is 50.6. The lowest BCUT2D eigenvalue weighted by Crippen LogP contribution is -2.69. The molecule has 0 bridgehead atoms. The Hall–Kier alpha value is -0.992. The van der Waals surface area contributed by atoms with Crippen LogP contribution in [0.4, 0.5) is 11.4 Å². The van der Waals surface area contributed by atoms with Crippen molar-refractivity contribution in [3.63, 3.8) is 0 Å². The van der Waals surface area contributed by atoms with Crippen LogP contribution in [0.2, 0.25) is 51.4 Å². The van der Waals surface area contributed by atoms with Crippen molar-refractivity contribution in [3.05, 3.63) is 42.0 Å². The van der Waals surface area contributed by atoms with Gasteiger partial charge in [-0.1, -0.05) is 30.3 Å². The number of thioether (sulfide) groups is 2. The number of aliphatic hydroxyl groups excluding tert-OH is 3. The lowest BCUT2D eigenvalue weighted by molar-refractivity contribution is -0.0862. The molecule has 0 saturated carbocycles. The van der Waals surface area contributed by atoms with E-state index < -0.39 is 52.6 Å². The number of benzene rings is 2. The molecule has 70 heavy (non-hydrogen) atoms. The Labute approximate surface area is 434 Å². The summed E-state index contributed by atoms with van der Waals surface area (Å²) in [6, 6.07) is 13.2. The van der Waals surface area contributed by atoms with Gasteiger partial charge in [-0.05, 0) is 130 Å². The van der Waals surface area contributed by atoms with Gasteiger partial charge in [-0.25, -0.2) is 0 Å². The predicted octanol–water partition coefficient (Wildman–Crippen LogP) is 5.21. The molecule has 0 saturated heterocycles. The van der Waals surface area contributed by atoms with Crippen LogP contribution in [0.1, 0.15) is 46.1 Å². The van der Waals surface area contributed by atoms with Gasteiger partial charge in [0.05, 0.1) is 63.2 Å². The van der Waals surface area contributed by atoms with Crippen LogP contribution in [0.5, 0.6) is 0 Å². The van der Waals surface area contributed by atoms with E-state index in [2.05, 4.69) is 60.4 Å². The standard InChI is InChI=1S/C47H94N6O11S2Si4/c1-35(48)29-59-32-38(4)53-47(56)61-70(42-20-16-15-17-21-42,63-68(11,12)25-19-23-58-34-41(55)28-52-46-39(5)45(49)43(65-7)26-44(46)66-8)64-69(13,14)62-67(9,10)24-18-22-57-33-40(54)27-51-37(3)31-60-30-36(2)50-6/h15-17,20-21,26,35-38,40-41,47,50-56H,18-19,22-25,27-34,48-49H2,1-14H3. The average Bonchev–Trinajstić information content (AvgIpc) is 3.27. The predicted molar refractivity (Wildman–Crippen MR) is 299 cm³/mol. The van der Waals surface area contributed by atoms with Gasteiger partial charge < -0.3 is 78.5 Å². The summed E-state index contributed by atoms with van der Waals surface area (Å²) in [6.07, 6.45) is 2.64. The zero-order chi connectivity index (χ0) is 52.5. The van der Waals surface area contributed by atoms with Crippen LogP contribution in [0.3, 0.4) is 0 Å². The minimum atomic E-state index is -3.98. The fraction of sp³-hybridized carbons (Fsp3) is 0.745. The summed E-state index contributed by atoms with van der Waals surface area (Å²) in [5, 5.41) is 46.8. The molecule has 0 heterocycles.